The van der Waals surface area contributed by atoms with Crippen LogP contribution in [0.4, 0.5) is 13.2 Å². The van der Waals surface area contributed by atoms with Gasteiger partial charge in [0.15, 0.2) is 6.10 Å². The van der Waals surface area contributed by atoms with Crippen LogP contribution in [-0.2, 0) is 0 Å². The van der Waals surface area contributed by atoms with Crippen molar-refractivity contribution in [2.75, 3.05) is 7.11 Å². The van der Waals surface area contributed by atoms with Gasteiger partial charge in [-0.05, 0) is 17.7 Å². The fourth-order valence-corrected chi connectivity index (χ4v) is 1.21. The fraction of sp³-hybridized carbons (Fsp3) is 0.400. The molecular weight excluding hydrogens is 259 g/mol. The molecule has 1 rings (SSSR count). The van der Waals surface area contributed by atoms with E-state index in [0.29, 0.717) is 5.75 Å². The lowest BCUT2D eigenvalue weighted by molar-refractivity contribution is -0.210. The molecule has 0 radical (unpaired) electrons. The zero-order valence-corrected chi connectivity index (χ0v) is 9.76. The number of aliphatic hydroxyl groups is 1. The minimum Gasteiger partial charge on any atom is -0.497 e. The van der Waals surface area contributed by atoms with E-state index < -0.39 is 18.3 Å². The quantitative estimate of drug-likeness (QED) is 0.885. The van der Waals surface area contributed by atoms with Crippen LogP contribution in [-0.4, -0.2) is 24.5 Å². The Kier molecular flexibility index (Phi) is 5.74. The van der Waals surface area contributed by atoms with Gasteiger partial charge in [0.05, 0.1) is 13.2 Å². The lowest BCUT2D eigenvalue weighted by atomic mass is 10.0. The summed E-state index contributed by atoms with van der Waals surface area (Å²) >= 11 is 0. The lowest BCUT2D eigenvalue weighted by Crippen LogP contribution is -2.38. The molecule has 0 saturated carbocycles. The van der Waals surface area contributed by atoms with Crippen molar-refractivity contribution in [2.45, 2.75) is 18.3 Å². The number of rotatable bonds is 3. The first-order chi connectivity index (χ1) is 7.36. The molecule has 17 heavy (non-hydrogen) atoms. The molecule has 7 heteroatoms. The molecule has 0 aromatic heterocycles. The smallest absolute Gasteiger partial charge is 0.416 e. The molecule has 1 aromatic carbocycles. The molecule has 3 N–H and O–H groups in total. The normalized spacial score (nSPS) is 14.7. The van der Waals surface area contributed by atoms with Gasteiger partial charge in [-0.25, -0.2) is 0 Å². The Morgan fingerprint density at radius 3 is 2.06 bits per heavy atom. The van der Waals surface area contributed by atoms with E-state index in [-0.39, 0.29) is 18.0 Å². The predicted octanol–water partition coefficient (Wildman–Crippen LogP) is 2.04. The van der Waals surface area contributed by atoms with Crippen molar-refractivity contribution in [2.24, 2.45) is 5.73 Å². The summed E-state index contributed by atoms with van der Waals surface area (Å²) in [5.41, 5.74) is 5.51. The van der Waals surface area contributed by atoms with Gasteiger partial charge in [0, 0.05) is 0 Å². The Morgan fingerprint density at radius 2 is 1.71 bits per heavy atom. The van der Waals surface area contributed by atoms with Crippen molar-refractivity contribution in [3.8, 4) is 5.75 Å². The zero-order chi connectivity index (χ0) is 12.3. The van der Waals surface area contributed by atoms with E-state index >= 15 is 0 Å². The average molecular weight is 272 g/mol. The number of halogens is 4. The summed E-state index contributed by atoms with van der Waals surface area (Å²) in [4.78, 5) is 0. The lowest BCUT2D eigenvalue weighted by Gasteiger charge is -2.21. The van der Waals surface area contributed by atoms with E-state index in [1.807, 2.05) is 0 Å². The predicted molar refractivity (Wildman–Crippen MR) is 59.2 cm³/mol. The molecule has 0 fully saturated rings. The molecule has 0 bridgehead atoms. The molecule has 0 heterocycles. The molecule has 0 saturated heterocycles. The summed E-state index contributed by atoms with van der Waals surface area (Å²) in [6.07, 6.45) is -7.29. The second-order valence-corrected chi connectivity index (χ2v) is 3.29. The van der Waals surface area contributed by atoms with Crippen LogP contribution in [0.3, 0.4) is 0 Å². The molecule has 1 aromatic rings. The summed E-state index contributed by atoms with van der Waals surface area (Å²) in [6, 6.07) is 4.25. The van der Waals surface area contributed by atoms with Crippen molar-refractivity contribution >= 4 is 12.4 Å². The van der Waals surface area contributed by atoms with Crippen LogP contribution in [0.25, 0.3) is 0 Å². The number of alkyl halides is 3. The maximum Gasteiger partial charge on any atom is 0.416 e. The number of hydrogen-bond acceptors (Lipinski definition) is 3. The summed E-state index contributed by atoms with van der Waals surface area (Å²) < 4.78 is 41.4. The molecule has 0 aliphatic rings. The van der Waals surface area contributed by atoms with Gasteiger partial charge in [0.25, 0.3) is 0 Å². The Hall–Kier alpha value is -0.980. The van der Waals surface area contributed by atoms with Gasteiger partial charge >= 0.3 is 6.18 Å². The number of methoxy groups -OCH3 is 1. The van der Waals surface area contributed by atoms with Crippen LogP contribution in [0.5, 0.6) is 5.75 Å². The number of aliphatic hydroxyl groups excluding tert-OH is 1. The monoisotopic (exact) mass is 271 g/mol. The fourth-order valence-electron chi connectivity index (χ4n) is 1.21. The van der Waals surface area contributed by atoms with E-state index in [1.165, 1.54) is 31.4 Å². The van der Waals surface area contributed by atoms with E-state index in [9.17, 15) is 13.2 Å². The van der Waals surface area contributed by atoms with Crippen LogP contribution >= 0.6 is 12.4 Å². The molecular formula is C10H13ClF3NO2. The standard InChI is InChI=1S/C10H12F3NO2.ClH/c1-16-7-4-2-6(3-5-7)8(14)9(15)10(11,12)13;/h2-5,8-9,15H,14H2,1H3;1H/t8-,9-;/m0./s1. The summed E-state index contributed by atoms with van der Waals surface area (Å²) in [5, 5.41) is 8.95. The third kappa shape index (κ3) is 4.07. The molecule has 0 spiro atoms. The number of nitrogens with two attached hydrogens (primary N) is 1. The minimum absolute atomic E-state index is 0. The highest BCUT2D eigenvalue weighted by Crippen LogP contribution is 2.29. The first-order valence-electron chi connectivity index (χ1n) is 4.50. The van der Waals surface area contributed by atoms with Crippen LogP contribution in [0, 0.1) is 0 Å². The Balaban J connectivity index is 0.00000256. The summed E-state index contributed by atoms with van der Waals surface area (Å²) in [5.74, 6) is 0.512. The Labute approximate surface area is 103 Å². The second kappa shape index (κ2) is 6.09. The minimum atomic E-state index is -4.72. The SMILES string of the molecule is COc1ccc([C@H](N)[C@H](O)C(F)(F)F)cc1.Cl. The van der Waals surface area contributed by atoms with Crippen molar-refractivity contribution < 1.29 is 23.0 Å². The Bertz CT molecular complexity index is 342. The molecule has 0 unspecified atom stereocenters. The zero-order valence-electron chi connectivity index (χ0n) is 8.94. The van der Waals surface area contributed by atoms with Crippen LogP contribution in [0.1, 0.15) is 11.6 Å². The summed E-state index contributed by atoms with van der Waals surface area (Å²) in [7, 11) is 1.44. The maximum atomic E-state index is 12.2. The van der Waals surface area contributed by atoms with Crippen molar-refractivity contribution in [1.82, 2.24) is 0 Å². The highest BCUT2D eigenvalue weighted by Gasteiger charge is 2.42. The highest BCUT2D eigenvalue weighted by molar-refractivity contribution is 5.85. The largest absolute Gasteiger partial charge is 0.497 e. The molecule has 2 atom stereocenters. The third-order valence-corrected chi connectivity index (χ3v) is 2.18. The van der Waals surface area contributed by atoms with Gasteiger partial charge in [-0.1, -0.05) is 12.1 Å². The molecule has 0 aliphatic heterocycles. The molecule has 3 nitrogen and oxygen atoms in total. The van der Waals surface area contributed by atoms with E-state index in [0.717, 1.165) is 0 Å². The molecule has 0 aliphatic carbocycles. The van der Waals surface area contributed by atoms with Crippen molar-refractivity contribution in [3.63, 3.8) is 0 Å². The van der Waals surface area contributed by atoms with Crippen LogP contribution in [0.2, 0.25) is 0 Å². The first kappa shape index (κ1) is 16.0. The summed E-state index contributed by atoms with van der Waals surface area (Å²) in [6.45, 7) is 0. The van der Waals surface area contributed by atoms with Gasteiger partial charge < -0.3 is 15.6 Å². The molecule has 0 amide bonds. The maximum absolute atomic E-state index is 12.2. The topological polar surface area (TPSA) is 55.5 Å². The van der Waals surface area contributed by atoms with Gasteiger partial charge in [0.1, 0.15) is 5.75 Å². The van der Waals surface area contributed by atoms with Gasteiger partial charge in [-0.2, -0.15) is 13.2 Å². The van der Waals surface area contributed by atoms with E-state index in [4.69, 9.17) is 15.6 Å². The van der Waals surface area contributed by atoms with Gasteiger partial charge in [-0.3, -0.25) is 0 Å². The van der Waals surface area contributed by atoms with E-state index in [1.54, 1.807) is 0 Å². The third-order valence-electron chi connectivity index (χ3n) is 2.18. The number of hydrogen-bond donors (Lipinski definition) is 2. The highest BCUT2D eigenvalue weighted by atomic mass is 35.5. The van der Waals surface area contributed by atoms with Gasteiger partial charge in [-0.15, -0.1) is 12.4 Å². The number of ether oxygens (including phenoxy) is 1. The van der Waals surface area contributed by atoms with Crippen molar-refractivity contribution in [1.29, 1.82) is 0 Å². The Morgan fingerprint density at radius 1 is 1.24 bits per heavy atom. The average Bonchev–Trinajstić information content (AvgIpc) is 2.26. The first-order valence-corrected chi connectivity index (χ1v) is 4.50. The van der Waals surface area contributed by atoms with Crippen LogP contribution < -0.4 is 10.5 Å². The second-order valence-electron chi connectivity index (χ2n) is 3.29. The van der Waals surface area contributed by atoms with Crippen molar-refractivity contribution in [3.05, 3.63) is 29.8 Å². The molecule has 98 valence electrons. The number of benzene rings is 1. The van der Waals surface area contributed by atoms with Crippen LogP contribution in [0.15, 0.2) is 24.3 Å². The van der Waals surface area contributed by atoms with Gasteiger partial charge in [0.2, 0.25) is 0 Å². The van der Waals surface area contributed by atoms with E-state index in [2.05, 4.69) is 0 Å².